The van der Waals surface area contributed by atoms with Crippen LogP contribution in [0.25, 0.3) is 0 Å². The second kappa shape index (κ2) is 12.0. The third-order valence-corrected chi connectivity index (χ3v) is 5.10. The Hall–Kier alpha value is -3.36. The first-order valence-electron chi connectivity index (χ1n) is 10.7. The standard InChI is InChI=1S/C24H28F3N3O3/c1-3-7-17(12-16-8-5-6-9-16)22(32)28-10-11-29-23(33)18-13-19(24(25,26)27)15-20(14-18)30-21(31)4-2/h3-4,7,12-16H,2,5-6,8-11H2,1H3,(H,28,32)(H,29,33)(H,30,31)/b7-3-,17-12+. The Morgan fingerprint density at radius 2 is 1.76 bits per heavy atom. The van der Waals surface area contributed by atoms with Crippen molar-refractivity contribution in [2.24, 2.45) is 5.92 Å². The van der Waals surface area contributed by atoms with E-state index in [9.17, 15) is 27.6 Å². The maximum atomic E-state index is 13.2. The Labute approximate surface area is 191 Å². The van der Waals surface area contributed by atoms with Crippen LogP contribution in [0, 0.1) is 5.92 Å². The van der Waals surface area contributed by atoms with Gasteiger partial charge < -0.3 is 16.0 Å². The fourth-order valence-electron chi connectivity index (χ4n) is 3.51. The largest absolute Gasteiger partial charge is 0.416 e. The maximum absolute atomic E-state index is 13.2. The SMILES string of the molecule is C=CC(=O)Nc1cc(C(=O)NCCNC(=O)C(/C=C\C)=C/C2CCCC2)cc(C(F)(F)F)c1. The quantitative estimate of drug-likeness (QED) is 0.289. The van der Waals surface area contributed by atoms with Crippen molar-refractivity contribution in [1.82, 2.24) is 10.6 Å². The number of amides is 3. The van der Waals surface area contributed by atoms with E-state index in [1.807, 2.05) is 13.0 Å². The van der Waals surface area contributed by atoms with Crippen LogP contribution in [0.15, 0.2) is 54.7 Å². The number of anilines is 1. The highest BCUT2D eigenvalue weighted by Gasteiger charge is 2.32. The molecule has 0 atom stereocenters. The van der Waals surface area contributed by atoms with Crippen LogP contribution in [0.1, 0.15) is 48.5 Å². The lowest BCUT2D eigenvalue weighted by Gasteiger charge is -2.13. The molecule has 0 unspecified atom stereocenters. The van der Waals surface area contributed by atoms with Crippen molar-refractivity contribution in [2.75, 3.05) is 18.4 Å². The van der Waals surface area contributed by atoms with Crippen LogP contribution in [0.4, 0.5) is 18.9 Å². The molecule has 1 aliphatic rings. The van der Waals surface area contributed by atoms with Crippen LogP contribution >= 0.6 is 0 Å². The van der Waals surface area contributed by atoms with E-state index in [-0.39, 0.29) is 30.2 Å². The van der Waals surface area contributed by atoms with Gasteiger partial charge >= 0.3 is 6.18 Å². The minimum Gasteiger partial charge on any atom is -0.350 e. The molecule has 6 nitrogen and oxygen atoms in total. The summed E-state index contributed by atoms with van der Waals surface area (Å²) in [6.45, 7) is 5.18. The van der Waals surface area contributed by atoms with Crippen molar-refractivity contribution >= 4 is 23.4 Å². The second-order valence-corrected chi connectivity index (χ2v) is 7.67. The molecule has 0 aromatic heterocycles. The van der Waals surface area contributed by atoms with Crippen molar-refractivity contribution in [3.8, 4) is 0 Å². The van der Waals surface area contributed by atoms with E-state index < -0.39 is 23.6 Å². The second-order valence-electron chi connectivity index (χ2n) is 7.67. The monoisotopic (exact) mass is 463 g/mol. The number of carbonyl (C=O) groups is 3. The summed E-state index contributed by atoms with van der Waals surface area (Å²) < 4.78 is 39.6. The van der Waals surface area contributed by atoms with Gasteiger partial charge in [-0.05, 0) is 50.0 Å². The minimum absolute atomic E-state index is 0.0156. The molecule has 0 heterocycles. The summed E-state index contributed by atoms with van der Waals surface area (Å²) in [6.07, 6.45) is 6.07. The van der Waals surface area contributed by atoms with Crippen molar-refractivity contribution < 1.29 is 27.6 Å². The summed E-state index contributed by atoms with van der Waals surface area (Å²) in [5, 5.41) is 7.42. The van der Waals surface area contributed by atoms with Crippen molar-refractivity contribution in [2.45, 2.75) is 38.8 Å². The highest BCUT2D eigenvalue weighted by Crippen LogP contribution is 2.32. The highest BCUT2D eigenvalue weighted by molar-refractivity contribution is 6.01. The van der Waals surface area contributed by atoms with Crippen LogP contribution < -0.4 is 16.0 Å². The zero-order valence-electron chi connectivity index (χ0n) is 18.4. The van der Waals surface area contributed by atoms with Crippen LogP contribution in [-0.4, -0.2) is 30.8 Å². The molecular weight excluding hydrogens is 435 g/mol. The first-order valence-corrected chi connectivity index (χ1v) is 10.7. The molecular formula is C24H28F3N3O3. The molecule has 33 heavy (non-hydrogen) atoms. The van der Waals surface area contributed by atoms with E-state index in [1.165, 1.54) is 0 Å². The van der Waals surface area contributed by atoms with Gasteiger partial charge in [-0.25, -0.2) is 0 Å². The van der Waals surface area contributed by atoms with E-state index in [2.05, 4.69) is 22.5 Å². The van der Waals surface area contributed by atoms with Gasteiger partial charge in [0.05, 0.1) is 5.56 Å². The maximum Gasteiger partial charge on any atom is 0.416 e. The van der Waals surface area contributed by atoms with Crippen molar-refractivity contribution in [3.05, 3.63) is 65.8 Å². The number of benzene rings is 1. The Bertz CT molecular complexity index is 946. The molecule has 0 bridgehead atoms. The molecule has 178 valence electrons. The minimum atomic E-state index is -4.70. The number of halogens is 3. The van der Waals surface area contributed by atoms with Gasteiger partial charge in [0, 0.05) is 29.9 Å². The van der Waals surface area contributed by atoms with Gasteiger partial charge in [0.2, 0.25) is 5.91 Å². The molecule has 1 aromatic rings. The van der Waals surface area contributed by atoms with Crippen LogP contribution in [0.2, 0.25) is 0 Å². The fourth-order valence-corrected chi connectivity index (χ4v) is 3.51. The smallest absolute Gasteiger partial charge is 0.350 e. The van der Waals surface area contributed by atoms with Crippen molar-refractivity contribution in [3.63, 3.8) is 0 Å². The molecule has 0 spiro atoms. The zero-order chi connectivity index (χ0) is 24.4. The van der Waals surface area contributed by atoms with E-state index >= 15 is 0 Å². The molecule has 1 saturated carbocycles. The fraction of sp³-hybridized carbons (Fsp3) is 0.375. The topological polar surface area (TPSA) is 87.3 Å². The van der Waals surface area contributed by atoms with E-state index in [4.69, 9.17) is 0 Å². The number of alkyl halides is 3. The number of nitrogens with one attached hydrogen (secondary N) is 3. The summed E-state index contributed by atoms with van der Waals surface area (Å²) in [5.74, 6) is -1.37. The molecule has 9 heteroatoms. The number of hydrogen-bond acceptors (Lipinski definition) is 3. The molecule has 1 aromatic carbocycles. The average molecular weight is 464 g/mol. The molecule has 1 fully saturated rings. The van der Waals surface area contributed by atoms with Crippen molar-refractivity contribution in [1.29, 1.82) is 0 Å². The molecule has 3 amide bonds. The lowest BCUT2D eigenvalue weighted by molar-refractivity contribution is -0.137. The summed E-state index contributed by atoms with van der Waals surface area (Å²) >= 11 is 0. The molecule has 3 N–H and O–H groups in total. The van der Waals surface area contributed by atoms with Gasteiger partial charge in [0.1, 0.15) is 0 Å². The number of rotatable bonds is 9. The Balaban J connectivity index is 1.99. The lowest BCUT2D eigenvalue weighted by Crippen LogP contribution is -2.35. The normalized spacial score (nSPS) is 14.8. The van der Waals surface area contributed by atoms with Gasteiger partial charge in [-0.2, -0.15) is 13.2 Å². The molecule has 0 radical (unpaired) electrons. The number of hydrogen-bond donors (Lipinski definition) is 3. The van der Waals surface area contributed by atoms with Gasteiger partial charge in [-0.1, -0.05) is 37.6 Å². The van der Waals surface area contributed by atoms with Gasteiger partial charge in [-0.3, -0.25) is 14.4 Å². The molecule has 0 aliphatic heterocycles. The van der Waals surface area contributed by atoms with Crippen LogP contribution in [0.3, 0.4) is 0 Å². The Kier molecular flexibility index (Phi) is 9.44. The zero-order valence-corrected chi connectivity index (χ0v) is 18.4. The van der Waals surface area contributed by atoms with E-state index in [0.29, 0.717) is 17.6 Å². The molecule has 1 aliphatic carbocycles. The third kappa shape index (κ3) is 8.25. The Morgan fingerprint density at radius 1 is 1.09 bits per heavy atom. The van der Waals surface area contributed by atoms with Gasteiger partial charge in [-0.15, -0.1) is 0 Å². The van der Waals surface area contributed by atoms with E-state index in [0.717, 1.165) is 43.9 Å². The summed E-state index contributed by atoms with van der Waals surface area (Å²) in [5.41, 5.74) is -0.973. The first kappa shape index (κ1) is 25.9. The van der Waals surface area contributed by atoms with Crippen LogP contribution in [0.5, 0.6) is 0 Å². The number of allylic oxidation sites excluding steroid dienone is 2. The summed E-state index contributed by atoms with van der Waals surface area (Å²) in [6, 6.07) is 2.57. The highest BCUT2D eigenvalue weighted by atomic mass is 19.4. The third-order valence-electron chi connectivity index (χ3n) is 5.10. The van der Waals surface area contributed by atoms with Gasteiger partial charge in [0.25, 0.3) is 11.8 Å². The van der Waals surface area contributed by atoms with E-state index in [1.54, 1.807) is 12.2 Å². The summed E-state index contributed by atoms with van der Waals surface area (Å²) in [7, 11) is 0. The first-order chi connectivity index (χ1) is 15.6. The van der Waals surface area contributed by atoms with Crippen LogP contribution in [-0.2, 0) is 15.8 Å². The number of carbonyl (C=O) groups excluding carboxylic acids is 3. The summed E-state index contributed by atoms with van der Waals surface area (Å²) in [4.78, 5) is 36.3. The predicted molar refractivity (Wildman–Crippen MR) is 120 cm³/mol. The molecule has 0 saturated heterocycles. The average Bonchev–Trinajstić information content (AvgIpc) is 3.28. The predicted octanol–water partition coefficient (Wildman–Crippen LogP) is 4.37. The Morgan fingerprint density at radius 3 is 2.36 bits per heavy atom. The van der Waals surface area contributed by atoms with Gasteiger partial charge in [0.15, 0.2) is 0 Å². The molecule has 2 rings (SSSR count). The lowest BCUT2D eigenvalue weighted by atomic mass is 10.0.